The normalized spacial score (nSPS) is 11.1. The SMILES string of the molecule is Oc1ccc(O)c(-c2cccc3cc4ccccc4cc23)c1. The maximum absolute atomic E-state index is 10.2. The Hall–Kier alpha value is -3.00. The third-order valence-corrected chi connectivity index (χ3v) is 4.02. The summed E-state index contributed by atoms with van der Waals surface area (Å²) in [7, 11) is 0. The first-order chi connectivity index (χ1) is 10.7. The quantitative estimate of drug-likeness (QED) is 0.379. The summed E-state index contributed by atoms with van der Waals surface area (Å²) in [5.41, 5.74) is 1.55. The van der Waals surface area contributed by atoms with Crippen molar-refractivity contribution in [3.05, 3.63) is 72.8 Å². The van der Waals surface area contributed by atoms with Crippen LogP contribution in [0.25, 0.3) is 32.7 Å². The molecule has 0 saturated heterocycles. The van der Waals surface area contributed by atoms with Crippen LogP contribution < -0.4 is 0 Å². The molecule has 0 radical (unpaired) electrons. The van der Waals surface area contributed by atoms with E-state index in [4.69, 9.17) is 0 Å². The van der Waals surface area contributed by atoms with Crippen LogP contribution >= 0.6 is 0 Å². The van der Waals surface area contributed by atoms with Gasteiger partial charge in [0.1, 0.15) is 11.5 Å². The van der Waals surface area contributed by atoms with Crippen LogP contribution in [0.2, 0.25) is 0 Å². The maximum atomic E-state index is 10.2. The van der Waals surface area contributed by atoms with Crippen LogP contribution in [0.3, 0.4) is 0 Å². The predicted molar refractivity (Wildman–Crippen MR) is 90.2 cm³/mol. The van der Waals surface area contributed by atoms with Crippen LogP contribution in [0, 0.1) is 0 Å². The monoisotopic (exact) mass is 286 g/mol. The van der Waals surface area contributed by atoms with Crippen LogP contribution in [-0.4, -0.2) is 10.2 Å². The van der Waals surface area contributed by atoms with E-state index in [-0.39, 0.29) is 11.5 Å². The van der Waals surface area contributed by atoms with Gasteiger partial charge in [-0.1, -0.05) is 42.5 Å². The molecule has 0 saturated carbocycles. The second-order valence-electron chi connectivity index (χ2n) is 5.43. The van der Waals surface area contributed by atoms with Gasteiger partial charge in [-0.15, -0.1) is 0 Å². The van der Waals surface area contributed by atoms with Crippen molar-refractivity contribution in [2.24, 2.45) is 0 Å². The van der Waals surface area contributed by atoms with Gasteiger partial charge in [-0.25, -0.2) is 0 Å². The summed E-state index contributed by atoms with van der Waals surface area (Å²) in [5.74, 6) is 0.309. The first-order valence-electron chi connectivity index (χ1n) is 7.16. The molecule has 106 valence electrons. The van der Waals surface area contributed by atoms with Crippen molar-refractivity contribution in [2.75, 3.05) is 0 Å². The Kier molecular flexibility index (Phi) is 2.76. The lowest BCUT2D eigenvalue weighted by Crippen LogP contribution is -1.84. The highest BCUT2D eigenvalue weighted by molar-refractivity contribution is 6.05. The molecule has 4 rings (SSSR count). The number of benzene rings is 4. The van der Waals surface area contributed by atoms with E-state index in [1.165, 1.54) is 17.5 Å². The van der Waals surface area contributed by atoms with Gasteiger partial charge in [-0.3, -0.25) is 0 Å². The van der Waals surface area contributed by atoms with Crippen molar-refractivity contribution >= 4 is 21.5 Å². The highest BCUT2D eigenvalue weighted by atomic mass is 16.3. The summed E-state index contributed by atoms with van der Waals surface area (Å²) in [6, 6.07) is 23.1. The molecule has 0 aromatic heterocycles. The zero-order valence-electron chi connectivity index (χ0n) is 11.8. The van der Waals surface area contributed by atoms with Gasteiger partial charge in [0.25, 0.3) is 0 Å². The van der Waals surface area contributed by atoms with Crippen molar-refractivity contribution in [1.29, 1.82) is 0 Å². The summed E-state index contributed by atoms with van der Waals surface area (Å²) in [6.07, 6.45) is 0. The average Bonchev–Trinajstić information content (AvgIpc) is 2.55. The van der Waals surface area contributed by atoms with E-state index in [9.17, 15) is 10.2 Å². The van der Waals surface area contributed by atoms with E-state index in [1.807, 2.05) is 24.3 Å². The van der Waals surface area contributed by atoms with Crippen molar-refractivity contribution < 1.29 is 10.2 Å². The first kappa shape index (κ1) is 12.7. The number of hydrogen-bond donors (Lipinski definition) is 2. The predicted octanol–water partition coefficient (Wildman–Crippen LogP) is 5.07. The summed E-state index contributed by atoms with van der Waals surface area (Å²) < 4.78 is 0. The number of aromatic hydroxyl groups is 2. The van der Waals surface area contributed by atoms with E-state index in [0.29, 0.717) is 5.56 Å². The largest absolute Gasteiger partial charge is 0.508 e. The Morgan fingerprint density at radius 1 is 0.545 bits per heavy atom. The van der Waals surface area contributed by atoms with Gasteiger partial charge in [0.05, 0.1) is 0 Å². The van der Waals surface area contributed by atoms with Crippen molar-refractivity contribution in [3.8, 4) is 22.6 Å². The molecule has 0 atom stereocenters. The Balaban J connectivity index is 2.09. The minimum atomic E-state index is 0.144. The molecule has 0 spiro atoms. The molecule has 4 aromatic rings. The molecule has 0 heterocycles. The average molecular weight is 286 g/mol. The van der Waals surface area contributed by atoms with Gasteiger partial charge in [0.2, 0.25) is 0 Å². The molecule has 0 unspecified atom stereocenters. The third-order valence-electron chi connectivity index (χ3n) is 4.02. The fourth-order valence-electron chi connectivity index (χ4n) is 2.94. The lowest BCUT2D eigenvalue weighted by Gasteiger charge is -2.10. The van der Waals surface area contributed by atoms with E-state index < -0.39 is 0 Å². The minimum Gasteiger partial charge on any atom is -0.508 e. The number of hydrogen-bond acceptors (Lipinski definition) is 2. The smallest absolute Gasteiger partial charge is 0.123 e. The Bertz CT molecular complexity index is 1000. The summed E-state index contributed by atoms with van der Waals surface area (Å²) in [5, 5.41) is 24.4. The number of rotatable bonds is 1. The van der Waals surface area contributed by atoms with E-state index >= 15 is 0 Å². The fraction of sp³-hybridized carbons (Fsp3) is 0. The van der Waals surface area contributed by atoms with Crippen LogP contribution in [0.1, 0.15) is 0 Å². The second kappa shape index (κ2) is 4.78. The summed E-state index contributed by atoms with van der Waals surface area (Å²) >= 11 is 0. The van der Waals surface area contributed by atoms with Crippen LogP contribution in [-0.2, 0) is 0 Å². The van der Waals surface area contributed by atoms with Gasteiger partial charge >= 0.3 is 0 Å². The second-order valence-corrected chi connectivity index (χ2v) is 5.43. The molecule has 2 nitrogen and oxygen atoms in total. The van der Waals surface area contributed by atoms with Crippen molar-refractivity contribution in [2.45, 2.75) is 0 Å². The molecule has 4 aromatic carbocycles. The van der Waals surface area contributed by atoms with E-state index in [1.54, 1.807) is 6.07 Å². The van der Waals surface area contributed by atoms with Crippen LogP contribution in [0.4, 0.5) is 0 Å². The molecule has 2 N–H and O–H groups in total. The molecule has 2 heteroatoms. The summed E-state index contributed by atoms with van der Waals surface area (Å²) in [6.45, 7) is 0. The zero-order valence-corrected chi connectivity index (χ0v) is 11.8. The molecule has 22 heavy (non-hydrogen) atoms. The Labute approximate surface area is 127 Å². The number of phenols is 2. The molecule has 0 aliphatic rings. The van der Waals surface area contributed by atoms with Crippen molar-refractivity contribution in [3.63, 3.8) is 0 Å². The molecular formula is C20H14O2. The Morgan fingerprint density at radius 2 is 1.27 bits per heavy atom. The fourth-order valence-corrected chi connectivity index (χ4v) is 2.94. The Morgan fingerprint density at radius 3 is 2.09 bits per heavy atom. The highest BCUT2D eigenvalue weighted by Crippen LogP contribution is 2.37. The highest BCUT2D eigenvalue weighted by Gasteiger charge is 2.10. The molecule has 0 fully saturated rings. The van der Waals surface area contributed by atoms with E-state index in [2.05, 4.69) is 30.3 Å². The van der Waals surface area contributed by atoms with Gasteiger partial charge in [0.15, 0.2) is 0 Å². The van der Waals surface area contributed by atoms with Gasteiger partial charge in [0, 0.05) is 5.56 Å². The van der Waals surface area contributed by atoms with Crippen LogP contribution in [0.15, 0.2) is 72.8 Å². The molecular weight excluding hydrogens is 272 g/mol. The molecule has 0 bridgehead atoms. The van der Waals surface area contributed by atoms with Crippen molar-refractivity contribution in [1.82, 2.24) is 0 Å². The summed E-state index contributed by atoms with van der Waals surface area (Å²) in [4.78, 5) is 0. The number of fused-ring (bicyclic) bond motifs is 2. The standard InChI is InChI=1S/C20H14O2/c21-16-8-9-20(22)19(12-16)17-7-3-6-15-10-13-4-1-2-5-14(13)11-18(15)17/h1-12,21-22H. The van der Waals surface area contributed by atoms with Gasteiger partial charge in [-0.2, -0.15) is 0 Å². The lowest BCUT2D eigenvalue weighted by molar-refractivity contribution is 0.462. The van der Waals surface area contributed by atoms with Gasteiger partial charge in [-0.05, 0) is 57.4 Å². The molecule has 0 aliphatic heterocycles. The molecule has 0 aliphatic carbocycles. The first-order valence-corrected chi connectivity index (χ1v) is 7.16. The zero-order chi connectivity index (χ0) is 15.1. The third kappa shape index (κ3) is 1.97. The van der Waals surface area contributed by atoms with E-state index in [0.717, 1.165) is 21.7 Å². The minimum absolute atomic E-state index is 0.144. The molecule has 0 amide bonds. The topological polar surface area (TPSA) is 40.5 Å². The maximum Gasteiger partial charge on any atom is 0.123 e. The van der Waals surface area contributed by atoms with Crippen LogP contribution in [0.5, 0.6) is 11.5 Å². The lowest BCUT2D eigenvalue weighted by atomic mass is 9.95. The van der Waals surface area contributed by atoms with Gasteiger partial charge < -0.3 is 10.2 Å². The number of phenolic OH excluding ortho intramolecular Hbond substituents is 2.